The van der Waals surface area contributed by atoms with E-state index in [2.05, 4.69) is 5.92 Å². The topological polar surface area (TPSA) is 44.8 Å². The van der Waals surface area contributed by atoms with Crippen molar-refractivity contribution in [3.63, 3.8) is 0 Å². The summed E-state index contributed by atoms with van der Waals surface area (Å²) in [5.41, 5.74) is 0.711. The van der Waals surface area contributed by atoms with E-state index < -0.39 is 5.97 Å². The van der Waals surface area contributed by atoms with Crippen molar-refractivity contribution in [3.05, 3.63) is 59.4 Å². The van der Waals surface area contributed by atoms with Crippen LogP contribution in [-0.4, -0.2) is 19.7 Å². The molecular formula is C18H15FO4. The fourth-order valence-electron chi connectivity index (χ4n) is 1.88. The Morgan fingerprint density at radius 2 is 2.00 bits per heavy atom. The molecule has 118 valence electrons. The van der Waals surface area contributed by atoms with Gasteiger partial charge in [-0.15, -0.1) is 6.42 Å². The molecule has 0 heterocycles. The summed E-state index contributed by atoms with van der Waals surface area (Å²) < 4.78 is 29.2. The fraction of sp³-hybridized carbons (Fsp3) is 0.167. The highest BCUT2D eigenvalue weighted by atomic mass is 19.1. The summed E-state index contributed by atoms with van der Waals surface area (Å²) >= 11 is 0. The first-order chi connectivity index (χ1) is 11.2. The monoisotopic (exact) mass is 314 g/mol. The number of halogens is 1. The zero-order valence-electron chi connectivity index (χ0n) is 12.5. The van der Waals surface area contributed by atoms with Crippen LogP contribution in [0.3, 0.4) is 0 Å². The van der Waals surface area contributed by atoms with Gasteiger partial charge < -0.3 is 14.2 Å². The molecule has 0 saturated heterocycles. The molecule has 0 radical (unpaired) electrons. The average molecular weight is 314 g/mol. The molecule has 2 aromatic carbocycles. The number of esters is 1. The van der Waals surface area contributed by atoms with E-state index in [-0.39, 0.29) is 24.6 Å². The van der Waals surface area contributed by atoms with Crippen LogP contribution in [0.15, 0.2) is 42.5 Å². The Kier molecular flexibility index (Phi) is 5.59. The maximum atomic E-state index is 13.6. The standard InChI is InChI=1S/C18H15FO4/c1-3-10-22-18(20)13-8-9-16(17(11-13)21-2)23-12-14-6-4-5-7-15(14)19/h1,4-9,11H,10,12H2,2H3. The molecule has 0 aliphatic carbocycles. The second-order valence-electron chi connectivity index (χ2n) is 4.53. The quantitative estimate of drug-likeness (QED) is 0.607. The van der Waals surface area contributed by atoms with Gasteiger partial charge in [0.1, 0.15) is 12.4 Å². The minimum atomic E-state index is -0.554. The van der Waals surface area contributed by atoms with Gasteiger partial charge in [-0.05, 0) is 24.3 Å². The highest BCUT2D eigenvalue weighted by Crippen LogP contribution is 2.29. The lowest BCUT2D eigenvalue weighted by molar-refractivity contribution is 0.0556. The fourth-order valence-corrected chi connectivity index (χ4v) is 1.88. The van der Waals surface area contributed by atoms with Gasteiger partial charge >= 0.3 is 5.97 Å². The van der Waals surface area contributed by atoms with Crippen molar-refractivity contribution in [2.75, 3.05) is 13.7 Å². The summed E-state index contributed by atoms with van der Waals surface area (Å²) in [5.74, 6) is 2.05. The molecule has 0 N–H and O–H groups in total. The van der Waals surface area contributed by atoms with E-state index in [0.717, 1.165) is 0 Å². The number of ether oxygens (including phenoxy) is 3. The van der Waals surface area contributed by atoms with Crippen molar-refractivity contribution >= 4 is 5.97 Å². The van der Waals surface area contributed by atoms with E-state index in [0.29, 0.717) is 17.1 Å². The molecule has 2 rings (SSSR count). The van der Waals surface area contributed by atoms with Crippen molar-refractivity contribution in [1.82, 2.24) is 0 Å². The predicted octanol–water partition coefficient (Wildman–Crippen LogP) is 3.20. The number of hydrogen-bond acceptors (Lipinski definition) is 4. The second-order valence-corrected chi connectivity index (χ2v) is 4.53. The second kappa shape index (κ2) is 7.85. The molecule has 0 bridgehead atoms. The number of hydrogen-bond donors (Lipinski definition) is 0. The Balaban J connectivity index is 2.12. The number of rotatable bonds is 6. The third-order valence-electron chi connectivity index (χ3n) is 3.03. The van der Waals surface area contributed by atoms with Crippen LogP contribution in [0.25, 0.3) is 0 Å². The van der Waals surface area contributed by atoms with Gasteiger partial charge in [0, 0.05) is 5.56 Å². The van der Waals surface area contributed by atoms with Crippen LogP contribution in [0.5, 0.6) is 11.5 Å². The lowest BCUT2D eigenvalue weighted by Crippen LogP contribution is -2.06. The molecule has 0 unspecified atom stereocenters. The molecule has 0 saturated carbocycles. The minimum absolute atomic E-state index is 0.0456. The predicted molar refractivity (Wildman–Crippen MR) is 82.8 cm³/mol. The van der Waals surface area contributed by atoms with Crippen molar-refractivity contribution in [1.29, 1.82) is 0 Å². The summed E-state index contributed by atoms with van der Waals surface area (Å²) in [6.07, 6.45) is 5.04. The maximum absolute atomic E-state index is 13.6. The Bertz CT molecular complexity index is 734. The minimum Gasteiger partial charge on any atom is -0.493 e. The highest BCUT2D eigenvalue weighted by molar-refractivity contribution is 5.90. The summed E-state index contributed by atoms with van der Waals surface area (Å²) in [5, 5.41) is 0. The molecule has 4 nitrogen and oxygen atoms in total. The van der Waals surface area contributed by atoms with Gasteiger partial charge in [-0.2, -0.15) is 0 Å². The molecular weight excluding hydrogens is 299 g/mol. The van der Waals surface area contributed by atoms with Crippen molar-refractivity contribution in [2.45, 2.75) is 6.61 Å². The maximum Gasteiger partial charge on any atom is 0.339 e. The van der Waals surface area contributed by atoms with Crippen LogP contribution >= 0.6 is 0 Å². The molecule has 5 heteroatoms. The van der Waals surface area contributed by atoms with E-state index in [1.807, 2.05) is 0 Å². The number of methoxy groups -OCH3 is 1. The van der Waals surface area contributed by atoms with Crippen molar-refractivity contribution in [3.8, 4) is 23.8 Å². The van der Waals surface area contributed by atoms with E-state index in [4.69, 9.17) is 20.6 Å². The summed E-state index contributed by atoms with van der Waals surface area (Å²) in [4.78, 5) is 11.7. The Morgan fingerprint density at radius 3 is 2.70 bits per heavy atom. The summed E-state index contributed by atoms with van der Waals surface area (Å²) in [6.45, 7) is -0.0589. The number of carbonyl (C=O) groups excluding carboxylic acids is 1. The molecule has 0 spiro atoms. The van der Waals surface area contributed by atoms with E-state index in [1.54, 1.807) is 24.3 Å². The first-order valence-corrected chi connectivity index (χ1v) is 6.80. The first kappa shape index (κ1) is 16.4. The van der Waals surface area contributed by atoms with E-state index in [1.165, 1.54) is 25.3 Å². The van der Waals surface area contributed by atoms with Crippen LogP contribution in [0, 0.1) is 18.2 Å². The zero-order chi connectivity index (χ0) is 16.7. The molecule has 0 fully saturated rings. The third kappa shape index (κ3) is 4.24. The zero-order valence-corrected chi connectivity index (χ0v) is 12.5. The van der Waals surface area contributed by atoms with Crippen LogP contribution in [0.4, 0.5) is 4.39 Å². The molecule has 2 aromatic rings. The van der Waals surface area contributed by atoms with Crippen molar-refractivity contribution < 1.29 is 23.4 Å². The van der Waals surface area contributed by atoms with Gasteiger partial charge in [0.2, 0.25) is 0 Å². The van der Waals surface area contributed by atoms with Crippen LogP contribution in [0.2, 0.25) is 0 Å². The van der Waals surface area contributed by atoms with Crippen LogP contribution < -0.4 is 9.47 Å². The van der Waals surface area contributed by atoms with Gasteiger partial charge in [-0.3, -0.25) is 0 Å². The first-order valence-electron chi connectivity index (χ1n) is 6.80. The van der Waals surface area contributed by atoms with Gasteiger partial charge in [-0.25, -0.2) is 9.18 Å². The van der Waals surface area contributed by atoms with E-state index in [9.17, 15) is 9.18 Å². The molecule has 0 aliphatic heterocycles. The Labute approximate surface area is 133 Å². The SMILES string of the molecule is C#CCOC(=O)c1ccc(OCc2ccccc2F)c(OC)c1. The van der Waals surface area contributed by atoms with Gasteiger partial charge in [0.05, 0.1) is 12.7 Å². The van der Waals surface area contributed by atoms with Crippen LogP contribution in [0.1, 0.15) is 15.9 Å². The van der Waals surface area contributed by atoms with Crippen molar-refractivity contribution in [2.24, 2.45) is 0 Å². The number of carbonyl (C=O) groups is 1. The van der Waals surface area contributed by atoms with Crippen LogP contribution in [-0.2, 0) is 11.3 Å². The summed E-state index contributed by atoms with van der Waals surface area (Å²) in [7, 11) is 1.45. The lowest BCUT2D eigenvalue weighted by atomic mass is 10.2. The molecule has 0 aromatic heterocycles. The van der Waals surface area contributed by atoms with Gasteiger partial charge in [0.15, 0.2) is 18.1 Å². The third-order valence-corrected chi connectivity index (χ3v) is 3.03. The average Bonchev–Trinajstić information content (AvgIpc) is 2.58. The number of terminal acetylenes is 1. The largest absolute Gasteiger partial charge is 0.493 e. The van der Waals surface area contributed by atoms with E-state index >= 15 is 0 Å². The Hall–Kier alpha value is -3.00. The number of benzene rings is 2. The van der Waals surface area contributed by atoms with Gasteiger partial charge in [-0.1, -0.05) is 24.1 Å². The lowest BCUT2D eigenvalue weighted by Gasteiger charge is -2.12. The molecule has 0 amide bonds. The smallest absolute Gasteiger partial charge is 0.339 e. The molecule has 0 aliphatic rings. The van der Waals surface area contributed by atoms with Gasteiger partial charge in [0.25, 0.3) is 0 Å². The highest BCUT2D eigenvalue weighted by Gasteiger charge is 2.12. The summed E-state index contributed by atoms with van der Waals surface area (Å²) in [6, 6.07) is 10.9. The Morgan fingerprint density at radius 1 is 1.22 bits per heavy atom. The normalized spacial score (nSPS) is 9.78. The molecule has 23 heavy (non-hydrogen) atoms. The molecule has 0 atom stereocenters.